The molecule has 3 heterocycles. The van der Waals surface area contributed by atoms with Crippen LogP contribution in [0.15, 0.2) is 60.1 Å². The van der Waals surface area contributed by atoms with Crippen LogP contribution in [-0.2, 0) is 0 Å². The molecule has 3 aromatic rings. The number of hydrogen-bond acceptors (Lipinski definition) is 6. The molecule has 0 aliphatic rings. The molecule has 0 amide bonds. The number of allylic oxidation sites excluding steroid dienone is 2. The van der Waals surface area contributed by atoms with Crippen molar-refractivity contribution in [3.8, 4) is 22.4 Å². The van der Waals surface area contributed by atoms with E-state index in [0.29, 0.717) is 22.4 Å². The van der Waals surface area contributed by atoms with Gasteiger partial charge in [-0.3, -0.25) is 0 Å². The summed E-state index contributed by atoms with van der Waals surface area (Å²) in [6.45, 7) is 3.54. The molecule has 3 aromatic heterocycles. The average molecular weight is 324 g/mol. The first-order chi connectivity index (χ1) is 11.6. The smallest absolute Gasteiger partial charge is 0.221 e. The molecular formula is C17H13FN4O2. The maximum Gasteiger partial charge on any atom is 0.221 e. The number of anilines is 1. The van der Waals surface area contributed by atoms with E-state index in [2.05, 4.69) is 21.5 Å². The van der Waals surface area contributed by atoms with E-state index in [1.54, 1.807) is 12.1 Å². The van der Waals surface area contributed by atoms with Crippen molar-refractivity contribution in [1.82, 2.24) is 15.0 Å². The second-order valence-corrected chi connectivity index (χ2v) is 4.82. The first-order valence-corrected chi connectivity index (χ1v) is 6.94. The number of aromatic nitrogens is 3. The topological polar surface area (TPSA) is 98.1 Å². The van der Waals surface area contributed by atoms with Crippen LogP contribution in [0.5, 0.6) is 0 Å². The van der Waals surface area contributed by atoms with E-state index in [1.807, 2.05) is 0 Å². The van der Waals surface area contributed by atoms with Gasteiger partial charge in [-0.15, -0.1) is 0 Å². The lowest BCUT2D eigenvalue weighted by molar-refractivity contribution is 0.509. The highest BCUT2D eigenvalue weighted by molar-refractivity contribution is 5.88. The van der Waals surface area contributed by atoms with Gasteiger partial charge in [-0.2, -0.15) is 4.39 Å². The van der Waals surface area contributed by atoms with Crippen LogP contribution < -0.4 is 5.73 Å². The summed E-state index contributed by atoms with van der Waals surface area (Å²) in [6.07, 6.45) is 7.03. The minimum Gasteiger partial charge on any atom is -0.506 e. The lowest BCUT2D eigenvalue weighted by Crippen LogP contribution is -2.05. The summed E-state index contributed by atoms with van der Waals surface area (Å²) in [5, 5.41) is 10.3. The standard InChI is InChI=1S/C17H13FN4O2/c1-2-3-12(23)16-14(10-4-6-20-13(18)8-10)15(21-17(19)22-16)11-5-7-24-9-11/h2-9,23H,1H2,(H2,19,21,22)/b12-3-. The molecule has 0 saturated carbocycles. The maximum absolute atomic E-state index is 13.6. The maximum atomic E-state index is 13.6. The quantitative estimate of drug-likeness (QED) is 0.432. The Labute approximate surface area is 136 Å². The number of aliphatic hydroxyl groups is 1. The molecule has 0 spiro atoms. The van der Waals surface area contributed by atoms with Crippen molar-refractivity contribution in [2.45, 2.75) is 0 Å². The number of aliphatic hydroxyl groups excluding tert-OH is 1. The van der Waals surface area contributed by atoms with Crippen LogP contribution in [0.4, 0.5) is 10.3 Å². The number of nitrogens with zero attached hydrogens (tertiary/aromatic N) is 3. The summed E-state index contributed by atoms with van der Waals surface area (Å²) in [5.74, 6) is -0.875. The Morgan fingerprint density at radius 3 is 2.79 bits per heavy atom. The van der Waals surface area contributed by atoms with Crippen LogP contribution in [-0.4, -0.2) is 20.1 Å². The lowest BCUT2D eigenvalue weighted by atomic mass is 9.98. The summed E-state index contributed by atoms with van der Waals surface area (Å²) >= 11 is 0. The van der Waals surface area contributed by atoms with Crippen molar-refractivity contribution in [2.24, 2.45) is 0 Å². The van der Waals surface area contributed by atoms with Crippen molar-refractivity contribution in [3.63, 3.8) is 0 Å². The van der Waals surface area contributed by atoms with E-state index < -0.39 is 5.95 Å². The molecule has 0 bridgehead atoms. The zero-order valence-corrected chi connectivity index (χ0v) is 12.5. The van der Waals surface area contributed by atoms with Gasteiger partial charge in [0.2, 0.25) is 11.9 Å². The van der Waals surface area contributed by atoms with Crippen LogP contribution in [0.2, 0.25) is 0 Å². The number of nitrogens with two attached hydrogens (primary N) is 1. The predicted octanol–water partition coefficient (Wildman–Crippen LogP) is 3.60. The fraction of sp³-hybridized carbons (Fsp3) is 0. The minimum atomic E-state index is -0.666. The molecule has 3 rings (SSSR count). The Hall–Kier alpha value is -3.48. The Kier molecular flexibility index (Phi) is 4.07. The summed E-state index contributed by atoms with van der Waals surface area (Å²) < 4.78 is 18.7. The van der Waals surface area contributed by atoms with E-state index in [1.165, 1.54) is 36.9 Å². The van der Waals surface area contributed by atoms with Crippen molar-refractivity contribution >= 4 is 11.7 Å². The van der Waals surface area contributed by atoms with Gasteiger partial charge in [0.1, 0.15) is 11.5 Å². The van der Waals surface area contributed by atoms with Gasteiger partial charge in [-0.05, 0) is 23.8 Å². The number of halogens is 1. The molecule has 7 heteroatoms. The largest absolute Gasteiger partial charge is 0.506 e. The highest BCUT2D eigenvalue weighted by Gasteiger charge is 2.20. The molecule has 0 unspecified atom stereocenters. The van der Waals surface area contributed by atoms with Crippen LogP contribution in [0.25, 0.3) is 28.1 Å². The number of rotatable bonds is 4. The molecule has 3 N–H and O–H groups in total. The van der Waals surface area contributed by atoms with Gasteiger partial charge >= 0.3 is 0 Å². The Bertz CT molecular complexity index is 920. The van der Waals surface area contributed by atoms with Gasteiger partial charge < -0.3 is 15.3 Å². The molecule has 0 atom stereocenters. The number of furan rings is 1. The van der Waals surface area contributed by atoms with Crippen LogP contribution in [0.3, 0.4) is 0 Å². The van der Waals surface area contributed by atoms with Crippen molar-refractivity contribution < 1.29 is 13.9 Å². The third-order valence-corrected chi connectivity index (χ3v) is 3.25. The van der Waals surface area contributed by atoms with Gasteiger partial charge in [0, 0.05) is 23.4 Å². The summed E-state index contributed by atoms with van der Waals surface area (Å²) in [7, 11) is 0. The molecule has 0 saturated heterocycles. The monoisotopic (exact) mass is 324 g/mol. The first-order valence-electron chi connectivity index (χ1n) is 6.94. The summed E-state index contributed by atoms with van der Waals surface area (Å²) in [5.41, 5.74) is 7.80. The van der Waals surface area contributed by atoms with E-state index in [9.17, 15) is 9.50 Å². The Morgan fingerprint density at radius 2 is 2.12 bits per heavy atom. The molecule has 6 nitrogen and oxygen atoms in total. The van der Waals surface area contributed by atoms with Gasteiger partial charge in [0.05, 0.1) is 18.2 Å². The second kappa shape index (κ2) is 6.33. The van der Waals surface area contributed by atoms with Crippen LogP contribution >= 0.6 is 0 Å². The highest BCUT2D eigenvalue weighted by atomic mass is 19.1. The second-order valence-electron chi connectivity index (χ2n) is 4.82. The SMILES string of the molecule is C=C/C=C(\O)c1nc(N)nc(-c2ccoc2)c1-c1ccnc(F)c1. The van der Waals surface area contributed by atoms with E-state index in [4.69, 9.17) is 10.2 Å². The van der Waals surface area contributed by atoms with Crippen molar-refractivity contribution in [3.05, 3.63) is 67.3 Å². The molecular weight excluding hydrogens is 311 g/mol. The highest BCUT2D eigenvalue weighted by Crippen LogP contribution is 2.36. The third kappa shape index (κ3) is 2.87. The normalized spacial score (nSPS) is 11.5. The van der Waals surface area contributed by atoms with E-state index in [0.717, 1.165) is 0 Å². The van der Waals surface area contributed by atoms with Crippen LogP contribution in [0, 0.1) is 5.95 Å². The minimum absolute atomic E-state index is 0.0384. The predicted molar refractivity (Wildman–Crippen MR) is 88.1 cm³/mol. The van der Waals surface area contributed by atoms with E-state index in [-0.39, 0.29) is 17.4 Å². The zero-order valence-electron chi connectivity index (χ0n) is 12.5. The summed E-state index contributed by atoms with van der Waals surface area (Å²) in [4.78, 5) is 11.9. The molecule has 24 heavy (non-hydrogen) atoms. The zero-order chi connectivity index (χ0) is 17.1. The Morgan fingerprint density at radius 1 is 1.29 bits per heavy atom. The fourth-order valence-corrected chi connectivity index (χ4v) is 2.29. The molecule has 0 aliphatic carbocycles. The fourth-order valence-electron chi connectivity index (χ4n) is 2.29. The van der Waals surface area contributed by atoms with Crippen molar-refractivity contribution in [1.29, 1.82) is 0 Å². The third-order valence-electron chi connectivity index (χ3n) is 3.25. The summed E-state index contributed by atoms with van der Waals surface area (Å²) in [6, 6.07) is 4.50. The molecule has 0 radical (unpaired) electrons. The molecule has 0 aliphatic heterocycles. The van der Waals surface area contributed by atoms with Crippen molar-refractivity contribution in [2.75, 3.05) is 5.73 Å². The number of hydrogen-bond donors (Lipinski definition) is 2. The lowest BCUT2D eigenvalue weighted by Gasteiger charge is -2.13. The Balaban J connectivity index is 2.38. The van der Waals surface area contributed by atoms with Crippen LogP contribution in [0.1, 0.15) is 5.69 Å². The number of nitrogen functional groups attached to an aromatic ring is 1. The molecule has 0 aromatic carbocycles. The molecule has 0 fully saturated rings. The average Bonchev–Trinajstić information content (AvgIpc) is 3.08. The molecule has 120 valence electrons. The van der Waals surface area contributed by atoms with Gasteiger partial charge in [0.25, 0.3) is 0 Å². The first kappa shape index (κ1) is 15.4. The van der Waals surface area contributed by atoms with Gasteiger partial charge in [-0.25, -0.2) is 15.0 Å². The number of pyridine rings is 1. The van der Waals surface area contributed by atoms with E-state index >= 15 is 0 Å². The van der Waals surface area contributed by atoms with Gasteiger partial charge in [-0.1, -0.05) is 12.7 Å². The van der Waals surface area contributed by atoms with Gasteiger partial charge in [0.15, 0.2) is 0 Å².